The van der Waals surface area contributed by atoms with Crippen LogP contribution in [0.25, 0.3) is 11.1 Å². The van der Waals surface area contributed by atoms with E-state index in [0.717, 1.165) is 18.8 Å². The van der Waals surface area contributed by atoms with Gasteiger partial charge in [-0.2, -0.15) is 0 Å². The minimum atomic E-state index is -0.376. The molecule has 0 amide bonds. The van der Waals surface area contributed by atoms with Gasteiger partial charge in [0.05, 0.1) is 5.56 Å². The van der Waals surface area contributed by atoms with Gasteiger partial charge < -0.3 is 0 Å². The van der Waals surface area contributed by atoms with Crippen molar-refractivity contribution in [2.45, 2.75) is 71.1 Å². The minimum Gasteiger partial charge on any atom is -0.206 e. The average molecular weight is 395 g/mol. The molecule has 2 aromatic rings. The first-order valence-corrected chi connectivity index (χ1v) is 11.2. The van der Waals surface area contributed by atoms with Gasteiger partial charge in [0, 0.05) is 11.5 Å². The lowest BCUT2D eigenvalue weighted by Crippen LogP contribution is -2.13. The molecule has 154 valence electrons. The van der Waals surface area contributed by atoms with Crippen LogP contribution in [0.3, 0.4) is 0 Å². The van der Waals surface area contributed by atoms with Crippen molar-refractivity contribution in [3.8, 4) is 23.0 Å². The van der Waals surface area contributed by atoms with Crippen LogP contribution in [-0.2, 0) is 0 Å². The SMILES string of the molecule is CCCCCCC[C@H]1CC[C@H](C#Cc2ccc(-c3ccccc3F)cc2F)CC1. The van der Waals surface area contributed by atoms with E-state index in [1.807, 2.05) is 0 Å². The van der Waals surface area contributed by atoms with Gasteiger partial charge in [0.15, 0.2) is 0 Å². The highest BCUT2D eigenvalue weighted by molar-refractivity contribution is 5.65. The molecule has 0 heterocycles. The molecule has 0 saturated heterocycles. The van der Waals surface area contributed by atoms with Gasteiger partial charge >= 0.3 is 0 Å². The highest BCUT2D eigenvalue weighted by Crippen LogP contribution is 2.32. The molecule has 0 aliphatic heterocycles. The average Bonchev–Trinajstić information content (AvgIpc) is 2.74. The fraction of sp³-hybridized carbons (Fsp3) is 0.481. The maximum Gasteiger partial charge on any atom is 0.139 e. The number of rotatable bonds is 7. The number of halogens is 2. The van der Waals surface area contributed by atoms with Crippen LogP contribution in [0.5, 0.6) is 0 Å². The maximum atomic E-state index is 14.5. The molecule has 0 bridgehead atoms. The number of hydrogen-bond acceptors (Lipinski definition) is 0. The van der Waals surface area contributed by atoms with Crippen LogP contribution in [0.4, 0.5) is 8.78 Å². The Morgan fingerprint density at radius 1 is 0.862 bits per heavy atom. The summed E-state index contributed by atoms with van der Waals surface area (Å²) in [5.41, 5.74) is 1.37. The summed E-state index contributed by atoms with van der Waals surface area (Å²) in [7, 11) is 0. The monoisotopic (exact) mass is 394 g/mol. The zero-order valence-corrected chi connectivity index (χ0v) is 17.5. The summed E-state index contributed by atoms with van der Waals surface area (Å²) in [4.78, 5) is 0. The van der Waals surface area contributed by atoms with Crippen molar-refractivity contribution in [3.63, 3.8) is 0 Å². The number of unbranched alkanes of at least 4 members (excludes halogenated alkanes) is 4. The fourth-order valence-electron chi connectivity index (χ4n) is 4.29. The quantitative estimate of drug-likeness (QED) is 0.328. The molecule has 2 heteroatoms. The van der Waals surface area contributed by atoms with Crippen molar-refractivity contribution in [1.82, 2.24) is 0 Å². The molecular weight excluding hydrogens is 362 g/mol. The predicted molar refractivity (Wildman–Crippen MR) is 117 cm³/mol. The van der Waals surface area contributed by atoms with Gasteiger partial charge in [0.2, 0.25) is 0 Å². The summed E-state index contributed by atoms with van der Waals surface area (Å²) in [6.07, 6.45) is 12.9. The second kappa shape index (κ2) is 11.1. The molecule has 2 aromatic carbocycles. The van der Waals surface area contributed by atoms with Gasteiger partial charge in [-0.05, 0) is 55.4 Å². The van der Waals surface area contributed by atoms with E-state index in [1.54, 1.807) is 30.3 Å². The van der Waals surface area contributed by atoms with Crippen molar-refractivity contribution in [2.75, 3.05) is 0 Å². The van der Waals surface area contributed by atoms with Crippen molar-refractivity contribution in [2.24, 2.45) is 11.8 Å². The lowest BCUT2D eigenvalue weighted by molar-refractivity contribution is 0.294. The van der Waals surface area contributed by atoms with E-state index in [2.05, 4.69) is 18.8 Å². The Labute approximate surface area is 174 Å². The molecule has 3 rings (SSSR count). The van der Waals surface area contributed by atoms with Crippen LogP contribution < -0.4 is 0 Å². The number of hydrogen-bond donors (Lipinski definition) is 0. The first kappa shape index (κ1) is 21.6. The van der Waals surface area contributed by atoms with Gasteiger partial charge in [-0.15, -0.1) is 0 Å². The van der Waals surface area contributed by atoms with Gasteiger partial charge in [-0.1, -0.05) is 81.6 Å². The molecule has 1 saturated carbocycles. The summed E-state index contributed by atoms with van der Waals surface area (Å²) >= 11 is 0. The van der Waals surface area contributed by atoms with Crippen molar-refractivity contribution in [3.05, 3.63) is 59.7 Å². The van der Waals surface area contributed by atoms with E-state index in [0.29, 0.717) is 22.6 Å². The Kier molecular flexibility index (Phi) is 8.29. The third kappa shape index (κ3) is 6.43. The molecule has 1 aliphatic rings. The molecule has 0 spiro atoms. The first-order valence-electron chi connectivity index (χ1n) is 11.2. The summed E-state index contributed by atoms with van der Waals surface area (Å²) in [5, 5.41) is 0. The molecule has 0 unspecified atom stereocenters. The second-order valence-corrected chi connectivity index (χ2v) is 8.36. The molecule has 0 aromatic heterocycles. The van der Waals surface area contributed by atoms with Crippen LogP contribution in [-0.4, -0.2) is 0 Å². The Morgan fingerprint density at radius 2 is 1.62 bits per heavy atom. The van der Waals surface area contributed by atoms with Crippen LogP contribution >= 0.6 is 0 Å². The van der Waals surface area contributed by atoms with E-state index in [-0.39, 0.29) is 11.6 Å². The van der Waals surface area contributed by atoms with E-state index in [9.17, 15) is 8.78 Å². The summed E-state index contributed by atoms with van der Waals surface area (Å²) in [6, 6.07) is 11.3. The summed E-state index contributed by atoms with van der Waals surface area (Å²) in [6.45, 7) is 2.26. The maximum absolute atomic E-state index is 14.5. The van der Waals surface area contributed by atoms with Gasteiger partial charge in [0.1, 0.15) is 11.6 Å². The van der Waals surface area contributed by atoms with E-state index in [4.69, 9.17) is 0 Å². The Morgan fingerprint density at radius 3 is 2.34 bits per heavy atom. The normalized spacial score (nSPS) is 18.9. The zero-order chi connectivity index (χ0) is 20.5. The van der Waals surface area contributed by atoms with Crippen molar-refractivity contribution >= 4 is 0 Å². The van der Waals surface area contributed by atoms with E-state index >= 15 is 0 Å². The lowest BCUT2D eigenvalue weighted by atomic mass is 9.80. The molecule has 0 atom stereocenters. The number of benzene rings is 2. The smallest absolute Gasteiger partial charge is 0.139 e. The molecule has 0 radical (unpaired) electrons. The largest absolute Gasteiger partial charge is 0.206 e. The third-order valence-corrected chi connectivity index (χ3v) is 6.13. The van der Waals surface area contributed by atoms with Crippen molar-refractivity contribution < 1.29 is 8.78 Å². The van der Waals surface area contributed by atoms with Crippen LogP contribution in [0, 0.1) is 35.3 Å². The lowest BCUT2D eigenvalue weighted by Gasteiger charge is -2.25. The zero-order valence-electron chi connectivity index (χ0n) is 17.5. The van der Waals surface area contributed by atoms with Crippen LogP contribution in [0.15, 0.2) is 42.5 Å². The van der Waals surface area contributed by atoms with Gasteiger partial charge in [0.25, 0.3) is 0 Å². The second-order valence-electron chi connectivity index (χ2n) is 8.36. The Hall–Kier alpha value is -2.14. The first-order chi connectivity index (χ1) is 14.2. The standard InChI is InChI=1S/C27H32F2/c1-2-3-4-5-6-9-21-12-14-22(15-13-21)16-17-23-18-19-24(20-27(23)29)25-10-7-8-11-26(25)28/h7-8,10-11,18-22H,2-6,9,12-15H2,1H3/t21-,22-. The third-order valence-electron chi connectivity index (χ3n) is 6.13. The minimum absolute atomic E-state index is 0.340. The topological polar surface area (TPSA) is 0 Å². The van der Waals surface area contributed by atoms with Crippen molar-refractivity contribution in [1.29, 1.82) is 0 Å². The molecular formula is C27H32F2. The predicted octanol–water partition coefficient (Wildman–Crippen LogP) is 8.15. The Bertz CT molecular complexity index is 835. The van der Waals surface area contributed by atoms with Crippen LogP contribution in [0.1, 0.15) is 76.7 Å². The molecule has 1 fully saturated rings. The highest BCUT2D eigenvalue weighted by atomic mass is 19.1. The molecule has 0 nitrogen and oxygen atoms in total. The van der Waals surface area contributed by atoms with E-state index < -0.39 is 0 Å². The summed E-state index contributed by atoms with van der Waals surface area (Å²) < 4.78 is 28.4. The van der Waals surface area contributed by atoms with Gasteiger partial charge in [-0.25, -0.2) is 8.78 Å². The highest BCUT2D eigenvalue weighted by Gasteiger charge is 2.19. The van der Waals surface area contributed by atoms with Crippen LogP contribution in [0.2, 0.25) is 0 Å². The molecule has 1 aliphatic carbocycles. The summed E-state index contributed by atoms with van der Waals surface area (Å²) in [5.74, 6) is 6.84. The van der Waals surface area contributed by atoms with E-state index in [1.165, 1.54) is 63.5 Å². The molecule has 29 heavy (non-hydrogen) atoms. The fourth-order valence-corrected chi connectivity index (χ4v) is 4.29. The Balaban J connectivity index is 1.51. The van der Waals surface area contributed by atoms with Gasteiger partial charge in [-0.3, -0.25) is 0 Å². The molecule has 0 N–H and O–H groups in total.